The Labute approximate surface area is 142 Å². The van der Waals surface area contributed by atoms with E-state index >= 15 is 0 Å². The molecule has 2 aromatic rings. The number of aromatic amines is 1. The van der Waals surface area contributed by atoms with Crippen LogP contribution in [0.1, 0.15) is 30.0 Å². The van der Waals surface area contributed by atoms with Gasteiger partial charge in [-0.05, 0) is 32.0 Å². The molecule has 0 saturated carbocycles. The van der Waals surface area contributed by atoms with Crippen LogP contribution >= 0.6 is 0 Å². The minimum Gasteiger partial charge on any atom is -0.333 e. The third kappa shape index (κ3) is 3.33. The number of rotatable bonds is 3. The lowest BCUT2D eigenvalue weighted by Gasteiger charge is -2.42. The summed E-state index contributed by atoms with van der Waals surface area (Å²) in [6, 6.07) is 7.83. The quantitative estimate of drug-likeness (QED) is 0.938. The Morgan fingerprint density at radius 1 is 1.25 bits per heavy atom. The van der Waals surface area contributed by atoms with E-state index in [0.29, 0.717) is 11.7 Å². The molecular formula is C18H25N5O. The molecule has 0 bridgehead atoms. The van der Waals surface area contributed by atoms with Crippen LogP contribution in [0, 0.1) is 12.8 Å². The highest BCUT2D eigenvalue weighted by atomic mass is 16.2. The Morgan fingerprint density at radius 2 is 1.96 bits per heavy atom. The summed E-state index contributed by atoms with van der Waals surface area (Å²) >= 11 is 0. The number of nitrogens with one attached hydrogen (secondary N) is 1. The van der Waals surface area contributed by atoms with E-state index < -0.39 is 0 Å². The van der Waals surface area contributed by atoms with Gasteiger partial charge in [0.2, 0.25) is 0 Å². The van der Waals surface area contributed by atoms with E-state index in [1.165, 1.54) is 0 Å². The summed E-state index contributed by atoms with van der Waals surface area (Å²) in [7, 11) is 2.12. The molecule has 1 saturated heterocycles. The van der Waals surface area contributed by atoms with Crippen molar-refractivity contribution in [1.82, 2.24) is 25.0 Å². The first-order chi connectivity index (χ1) is 11.5. The zero-order valence-corrected chi connectivity index (χ0v) is 14.8. The average molecular weight is 327 g/mol. The molecule has 1 N–H and O–H groups in total. The molecule has 0 radical (unpaired) electrons. The Morgan fingerprint density at radius 3 is 2.54 bits per heavy atom. The fourth-order valence-corrected chi connectivity index (χ4v) is 3.18. The van der Waals surface area contributed by atoms with Crippen molar-refractivity contribution in [3.05, 3.63) is 35.7 Å². The maximum Gasteiger partial charge on any atom is 0.254 e. The summed E-state index contributed by atoms with van der Waals surface area (Å²) in [5.74, 6) is 1.99. The Bertz CT molecular complexity index is 706. The molecule has 0 unspecified atom stereocenters. The van der Waals surface area contributed by atoms with Crippen molar-refractivity contribution in [3.8, 4) is 11.4 Å². The van der Waals surface area contributed by atoms with Crippen LogP contribution in [0.2, 0.25) is 0 Å². The van der Waals surface area contributed by atoms with Gasteiger partial charge in [0.15, 0.2) is 5.82 Å². The summed E-state index contributed by atoms with van der Waals surface area (Å²) in [6.07, 6.45) is 0. The van der Waals surface area contributed by atoms with Crippen LogP contribution in [-0.4, -0.2) is 63.6 Å². The van der Waals surface area contributed by atoms with Gasteiger partial charge in [0.25, 0.3) is 5.91 Å². The number of carbonyl (C=O) groups is 1. The predicted octanol–water partition coefficient (Wildman–Crippen LogP) is 2.19. The van der Waals surface area contributed by atoms with Gasteiger partial charge in [0, 0.05) is 36.8 Å². The van der Waals surface area contributed by atoms with Gasteiger partial charge in [-0.1, -0.05) is 26.0 Å². The van der Waals surface area contributed by atoms with E-state index in [2.05, 4.69) is 41.0 Å². The van der Waals surface area contributed by atoms with Crippen molar-refractivity contribution in [2.75, 3.05) is 26.7 Å². The van der Waals surface area contributed by atoms with Crippen LogP contribution in [0.25, 0.3) is 11.4 Å². The van der Waals surface area contributed by atoms with Gasteiger partial charge in [0.05, 0.1) is 0 Å². The lowest BCUT2D eigenvalue weighted by molar-refractivity contribution is 0.0402. The minimum atomic E-state index is 0.111. The summed E-state index contributed by atoms with van der Waals surface area (Å²) in [5.41, 5.74) is 1.64. The molecule has 0 spiro atoms. The van der Waals surface area contributed by atoms with Crippen LogP contribution in [0.5, 0.6) is 0 Å². The number of carbonyl (C=O) groups excluding carboxylic acids is 1. The van der Waals surface area contributed by atoms with Crippen LogP contribution in [0.3, 0.4) is 0 Å². The van der Waals surface area contributed by atoms with Crippen LogP contribution in [0.15, 0.2) is 24.3 Å². The zero-order chi connectivity index (χ0) is 17.3. The van der Waals surface area contributed by atoms with Gasteiger partial charge in [-0.15, -0.1) is 0 Å². The lowest BCUT2D eigenvalue weighted by atomic mass is 9.98. The molecule has 1 fully saturated rings. The smallest absolute Gasteiger partial charge is 0.254 e. The second kappa shape index (κ2) is 6.73. The summed E-state index contributed by atoms with van der Waals surface area (Å²) < 4.78 is 0. The fraction of sp³-hybridized carbons (Fsp3) is 0.500. The number of piperazine rings is 1. The molecule has 1 aromatic heterocycles. The highest BCUT2D eigenvalue weighted by Gasteiger charge is 2.31. The first-order valence-corrected chi connectivity index (χ1v) is 8.44. The number of H-pyrrole nitrogens is 1. The number of amides is 1. The number of aromatic nitrogens is 3. The normalized spacial score (nSPS) is 19.0. The molecular weight excluding hydrogens is 302 g/mol. The lowest BCUT2D eigenvalue weighted by Crippen LogP contribution is -2.56. The highest BCUT2D eigenvalue weighted by Crippen LogP contribution is 2.21. The van der Waals surface area contributed by atoms with E-state index in [9.17, 15) is 4.79 Å². The van der Waals surface area contributed by atoms with Crippen LogP contribution < -0.4 is 0 Å². The Kier molecular flexibility index (Phi) is 4.66. The minimum absolute atomic E-state index is 0.111. The SMILES string of the molecule is Cc1nc(-c2ccc(C(=O)N3CCN(C)C[C@@H]3C(C)C)cc2)n[nH]1. The number of hydrogen-bond donors (Lipinski definition) is 1. The molecule has 6 nitrogen and oxygen atoms in total. The van der Waals surface area contributed by atoms with Gasteiger partial charge < -0.3 is 9.80 Å². The number of nitrogens with zero attached hydrogens (tertiary/aromatic N) is 4. The molecule has 2 heterocycles. The maximum atomic E-state index is 12.9. The third-order valence-electron chi connectivity index (χ3n) is 4.64. The molecule has 1 amide bonds. The van der Waals surface area contributed by atoms with Crippen molar-refractivity contribution < 1.29 is 4.79 Å². The van der Waals surface area contributed by atoms with E-state index in [1.54, 1.807) is 0 Å². The van der Waals surface area contributed by atoms with Gasteiger partial charge in [-0.2, -0.15) is 5.10 Å². The Hall–Kier alpha value is -2.21. The molecule has 3 rings (SSSR count). The highest BCUT2D eigenvalue weighted by molar-refractivity contribution is 5.95. The zero-order valence-electron chi connectivity index (χ0n) is 14.8. The standard InChI is InChI=1S/C18H25N5O/c1-12(2)16-11-22(4)9-10-23(16)18(24)15-7-5-14(6-8-15)17-19-13(3)20-21-17/h5-8,12,16H,9-11H2,1-4H3,(H,19,20,21)/t16-/m1/s1. The molecule has 128 valence electrons. The number of aryl methyl sites for hydroxylation is 1. The topological polar surface area (TPSA) is 65.1 Å². The third-order valence-corrected chi connectivity index (χ3v) is 4.64. The number of benzene rings is 1. The average Bonchev–Trinajstić information content (AvgIpc) is 3.01. The number of likely N-dealkylation sites (N-methyl/N-ethyl adjacent to an activating group) is 1. The van der Waals surface area contributed by atoms with Gasteiger partial charge in [-0.25, -0.2) is 4.98 Å². The van der Waals surface area contributed by atoms with Gasteiger partial charge >= 0.3 is 0 Å². The maximum absolute atomic E-state index is 12.9. The van der Waals surface area contributed by atoms with Gasteiger partial charge in [0.1, 0.15) is 5.82 Å². The molecule has 1 aromatic carbocycles. The van der Waals surface area contributed by atoms with E-state index in [0.717, 1.165) is 36.6 Å². The molecule has 24 heavy (non-hydrogen) atoms. The van der Waals surface area contributed by atoms with Crippen LogP contribution in [0.4, 0.5) is 0 Å². The monoisotopic (exact) mass is 327 g/mol. The summed E-state index contributed by atoms with van der Waals surface area (Å²) in [4.78, 5) is 21.6. The second-order valence-electron chi connectivity index (χ2n) is 6.89. The van der Waals surface area contributed by atoms with Crippen molar-refractivity contribution >= 4 is 5.91 Å². The van der Waals surface area contributed by atoms with Gasteiger partial charge in [-0.3, -0.25) is 9.89 Å². The first kappa shape index (κ1) is 16.6. The molecule has 1 aliphatic rings. The largest absolute Gasteiger partial charge is 0.333 e. The summed E-state index contributed by atoms with van der Waals surface area (Å²) in [5, 5.41) is 6.99. The molecule has 1 aliphatic heterocycles. The summed E-state index contributed by atoms with van der Waals surface area (Å²) in [6.45, 7) is 8.85. The van der Waals surface area contributed by atoms with Crippen molar-refractivity contribution in [2.24, 2.45) is 5.92 Å². The van der Waals surface area contributed by atoms with E-state index in [-0.39, 0.29) is 11.9 Å². The Balaban J connectivity index is 1.79. The van der Waals surface area contributed by atoms with Crippen LogP contribution in [-0.2, 0) is 0 Å². The van der Waals surface area contributed by atoms with E-state index in [4.69, 9.17) is 0 Å². The molecule has 0 aliphatic carbocycles. The van der Waals surface area contributed by atoms with Crippen molar-refractivity contribution in [2.45, 2.75) is 26.8 Å². The molecule has 1 atom stereocenters. The van der Waals surface area contributed by atoms with Crippen molar-refractivity contribution in [3.63, 3.8) is 0 Å². The van der Waals surface area contributed by atoms with Crippen molar-refractivity contribution in [1.29, 1.82) is 0 Å². The predicted molar refractivity (Wildman–Crippen MR) is 93.7 cm³/mol. The number of hydrogen-bond acceptors (Lipinski definition) is 4. The van der Waals surface area contributed by atoms with E-state index in [1.807, 2.05) is 36.1 Å². The fourth-order valence-electron chi connectivity index (χ4n) is 3.18. The first-order valence-electron chi connectivity index (χ1n) is 8.44. The molecule has 6 heteroatoms. The second-order valence-corrected chi connectivity index (χ2v) is 6.89.